The molecular formula is C13H18. The lowest BCUT2D eigenvalue weighted by Gasteiger charge is -2.28. The average Bonchev–Trinajstić information content (AvgIpc) is 2.97. The minimum absolute atomic E-state index is 1.21. The first-order chi connectivity index (χ1) is 6.43. The van der Waals surface area contributed by atoms with Crippen molar-refractivity contribution in [2.75, 3.05) is 0 Å². The molecule has 0 saturated heterocycles. The highest BCUT2D eigenvalue weighted by Crippen LogP contribution is 2.80. The van der Waals surface area contributed by atoms with Crippen LogP contribution in [0.15, 0.2) is 0 Å². The quantitative estimate of drug-likeness (QED) is 0.573. The van der Waals surface area contributed by atoms with Crippen LogP contribution in [0.1, 0.15) is 32.1 Å². The van der Waals surface area contributed by atoms with Crippen molar-refractivity contribution in [2.24, 2.45) is 47.3 Å². The van der Waals surface area contributed by atoms with E-state index in [9.17, 15) is 0 Å². The molecule has 5 aliphatic carbocycles. The number of hydrogen-bond acceptors (Lipinski definition) is 0. The highest BCUT2D eigenvalue weighted by atomic mass is 14.8. The molecule has 0 radical (unpaired) electrons. The van der Waals surface area contributed by atoms with E-state index in [1.807, 2.05) is 0 Å². The molecule has 0 nitrogen and oxygen atoms in total. The summed E-state index contributed by atoms with van der Waals surface area (Å²) in [6.45, 7) is 0. The zero-order chi connectivity index (χ0) is 8.15. The van der Waals surface area contributed by atoms with Crippen LogP contribution in [0.2, 0.25) is 0 Å². The first kappa shape index (κ1) is 6.48. The highest BCUT2D eigenvalue weighted by molar-refractivity contribution is 5.22. The second-order valence-corrected chi connectivity index (χ2v) is 6.61. The third-order valence-corrected chi connectivity index (χ3v) is 6.16. The Bertz CT molecular complexity index is 274. The molecule has 0 heterocycles. The molecule has 70 valence electrons. The van der Waals surface area contributed by atoms with Gasteiger partial charge in [-0.15, -0.1) is 0 Å². The Kier molecular flexibility index (Phi) is 0.860. The maximum atomic E-state index is 1.67. The van der Waals surface area contributed by atoms with Gasteiger partial charge in [0.05, 0.1) is 0 Å². The second kappa shape index (κ2) is 1.73. The Hall–Kier alpha value is 0. The van der Waals surface area contributed by atoms with Crippen molar-refractivity contribution in [3.05, 3.63) is 0 Å². The lowest BCUT2D eigenvalue weighted by molar-refractivity contribution is 0.207. The number of rotatable bonds is 1. The van der Waals surface area contributed by atoms with Crippen molar-refractivity contribution >= 4 is 0 Å². The van der Waals surface area contributed by atoms with Gasteiger partial charge >= 0.3 is 0 Å². The predicted molar refractivity (Wildman–Crippen MR) is 51.0 cm³/mol. The molecule has 0 aromatic rings. The summed E-state index contributed by atoms with van der Waals surface area (Å²) in [6.07, 6.45) is 8.17. The molecule has 5 rings (SSSR count). The van der Waals surface area contributed by atoms with Crippen LogP contribution in [0, 0.1) is 47.3 Å². The van der Waals surface area contributed by atoms with E-state index in [1.54, 1.807) is 32.1 Å². The zero-order valence-electron chi connectivity index (χ0n) is 8.15. The third kappa shape index (κ3) is 0.649. The molecule has 0 amide bonds. The fourth-order valence-corrected chi connectivity index (χ4v) is 5.48. The minimum Gasteiger partial charge on any atom is -0.0499 e. The maximum absolute atomic E-state index is 1.67. The summed E-state index contributed by atoms with van der Waals surface area (Å²) in [4.78, 5) is 0. The topological polar surface area (TPSA) is 0 Å². The molecule has 7 unspecified atom stereocenters. The van der Waals surface area contributed by atoms with E-state index in [2.05, 4.69) is 0 Å². The van der Waals surface area contributed by atoms with Crippen molar-refractivity contribution in [2.45, 2.75) is 32.1 Å². The highest BCUT2D eigenvalue weighted by Gasteiger charge is 2.74. The Balaban J connectivity index is 1.49. The Morgan fingerprint density at radius 1 is 0.538 bits per heavy atom. The van der Waals surface area contributed by atoms with Gasteiger partial charge in [0.25, 0.3) is 0 Å². The van der Waals surface area contributed by atoms with Crippen LogP contribution in [0.25, 0.3) is 0 Å². The lowest BCUT2D eigenvalue weighted by Crippen LogP contribution is -2.21. The van der Waals surface area contributed by atoms with Crippen molar-refractivity contribution in [1.29, 1.82) is 0 Å². The predicted octanol–water partition coefficient (Wildman–Crippen LogP) is 2.93. The largest absolute Gasteiger partial charge is 0.0499 e. The summed E-state index contributed by atoms with van der Waals surface area (Å²) in [7, 11) is 0. The monoisotopic (exact) mass is 174 g/mol. The Morgan fingerprint density at radius 2 is 1.23 bits per heavy atom. The van der Waals surface area contributed by atoms with Gasteiger partial charge in [0.15, 0.2) is 0 Å². The molecule has 5 saturated carbocycles. The van der Waals surface area contributed by atoms with E-state index in [4.69, 9.17) is 0 Å². The Labute approximate surface area is 80.1 Å². The van der Waals surface area contributed by atoms with Crippen LogP contribution in [0.3, 0.4) is 0 Å². The standard InChI is InChI=1S/C13H18/c1-2-6(1)7-3-9-8-5-10(8)13-11(4-7)12(9)13/h6-13H,1-5H2. The Morgan fingerprint density at radius 3 is 2.00 bits per heavy atom. The fourth-order valence-electron chi connectivity index (χ4n) is 5.48. The lowest BCUT2D eigenvalue weighted by atomic mass is 9.77. The average molecular weight is 174 g/mol. The fraction of sp³-hybridized carbons (Fsp3) is 1.00. The molecule has 0 aromatic heterocycles. The van der Waals surface area contributed by atoms with Crippen LogP contribution < -0.4 is 0 Å². The van der Waals surface area contributed by atoms with Gasteiger partial charge in [-0.05, 0) is 79.4 Å². The van der Waals surface area contributed by atoms with Crippen molar-refractivity contribution in [3.8, 4) is 0 Å². The molecule has 5 fully saturated rings. The van der Waals surface area contributed by atoms with E-state index in [0.717, 1.165) is 0 Å². The zero-order valence-corrected chi connectivity index (χ0v) is 8.15. The van der Waals surface area contributed by atoms with Gasteiger partial charge in [-0.3, -0.25) is 0 Å². The van der Waals surface area contributed by atoms with E-state index in [-0.39, 0.29) is 0 Å². The second-order valence-electron chi connectivity index (χ2n) is 6.61. The molecule has 0 aromatic carbocycles. The van der Waals surface area contributed by atoms with Crippen LogP contribution >= 0.6 is 0 Å². The summed E-state index contributed by atoms with van der Waals surface area (Å²) in [6, 6.07) is 0. The van der Waals surface area contributed by atoms with E-state index >= 15 is 0 Å². The first-order valence-electron chi connectivity index (χ1n) is 6.43. The van der Waals surface area contributed by atoms with Crippen molar-refractivity contribution in [1.82, 2.24) is 0 Å². The molecule has 7 atom stereocenters. The van der Waals surface area contributed by atoms with E-state index in [0.29, 0.717) is 0 Å². The van der Waals surface area contributed by atoms with Crippen LogP contribution in [0.4, 0.5) is 0 Å². The van der Waals surface area contributed by atoms with E-state index < -0.39 is 0 Å². The summed E-state index contributed by atoms with van der Waals surface area (Å²) in [5, 5.41) is 0. The van der Waals surface area contributed by atoms with Crippen molar-refractivity contribution in [3.63, 3.8) is 0 Å². The summed E-state index contributed by atoms with van der Waals surface area (Å²) in [5.41, 5.74) is 0. The molecule has 0 spiro atoms. The minimum atomic E-state index is 1.21. The number of fused-ring (bicyclic) bond motifs is 4. The van der Waals surface area contributed by atoms with Gasteiger partial charge < -0.3 is 0 Å². The van der Waals surface area contributed by atoms with Crippen LogP contribution in [-0.2, 0) is 0 Å². The van der Waals surface area contributed by atoms with Gasteiger partial charge in [0.2, 0.25) is 0 Å². The molecule has 0 aliphatic heterocycles. The van der Waals surface area contributed by atoms with Gasteiger partial charge in [-0.2, -0.15) is 0 Å². The molecule has 5 aliphatic rings. The maximum Gasteiger partial charge on any atom is -0.0318 e. The molecule has 0 heteroatoms. The van der Waals surface area contributed by atoms with Gasteiger partial charge in [-0.25, -0.2) is 0 Å². The van der Waals surface area contributed by atoms with Crippen LogP contribution in [-0.4, -0.2) is 0 Å². The SMILES string of the molecule is C1CC1C1CC2C3CC3C3C(C1)C23. The number of hydrogen-bond donors (Lipinski definition) is 0. The van der Waals surface area contributed by atoms with Crippen LogP contribution in [0.5, 0.6) is 0 Å². The summed E-state index contributed by atoms with van der Waals surface area (Å²) >= 11 is 0. The molecular weight excluding hydrogens is 156 g/mol. The molecule has 0 N–H and O–H groups in total. The third-order valence-electron chi connectivity index (χ3n) is 6.16. The first-order valence-corrected chi connectivity index (χ1v) is 6.43. The van der Waals surface area contributed by atoms with Crippen molar-refractivity contribution < 1.29 is 0 Å². The molecule has 0 bridgehead atoms. The van der Waals surface area contributed by atoms with E-state index in [1.165, 1.54) is 47.3 Å². The summed E-state index contributed by atoms with van der Waals surface area (Å²) in [5.74, 6) is 10.00. The normalized spacial score (nSPS) is 71.5. The van der Waals surface area contributed by atoms with Gasteiger partial charge in [0, 0.05) is 0 Å². The molecule has 13 heavy (non-hydrogen) atoms. The van der Waals surface area contributed by atoms with Gasteiger partial charge in [0.1, 0.15) is 0 Å². The van der Waals surface area contributed by atoms with Gasteiger partial charge in [-0.1, -0.05) is 0 Å². The summed E-state index contributed by atoms with van der Waals surface area (Å²) < 4.78 is 0. The smallest absolute Gasteiger partial charge is 0.0318 e.